The molecular formula is C19H14ClF2N3O3. The molecule has 2 aromatic carbocycles. The second-order valence-electron chi connectivity index (χ2n) is 6.20. The molecule has 3 aromatic rings. The summed E-state index contributed by atoms with van der Waals surface area (Å²) in [5.41, 5.74) is 0.403. The zero-order valence-electron chi connectivity index (χ0n) is 14.7. The van der Waals surface area contributed by atoms with Gasteiger partial charge in [0.1, 0.15) is 16.5 Å². The van der Waals surface area contributed by atoms with Crippen LogP contribution in [0.15, 0.2) is 47.4 Å². The van der Waals surface area contributed by atoms with Crippen molar-refractivity contribution < 1.29 is 18.3 Å². The Labute approximate surface area is 163 Å². The topological polar surface area (TPSA) is 56.6 Å². The summed E-state index contributed by atoms with van der Waals surface area (Å²) in [5.74, 6) is -0.333. The molecule has 0 atom stereocenters. The van der Waals surface area contributed by atoms with Crippen LogP contribution in [0.5, 0.6) is 11.5 Å². The van der Waals surface area contributed by atoms with Crippen LogP contribution in [-0.4, -0.2) is 23.6 Å². The monoisotopic (exact) mass is 405 g/mol. The minimum absolute atomic E-state index is 0.123. The molecule has 0 spiro atoms. The van der Waals surface area contributed by atoms with Crippen LogP contribution in [0.4, 0.5) is 14.5 Å². The quantitative estimate of drug-likeness (QED) is 0.664. The van der Waals surface area contributed by atoms with Gasteiger partial charge in [-0.1, -0.05) is 17.7 Å². The van der Waals surface area contributed by atoms with E-state index < -0.39 is 17.2 Å². The smallest absolute Gasteiger partial charge is 0.292 e. The van der Waals surface area contributed by atoms with Gasteiger partial charge in [-0.15, -0.1) is 0 Å². The third kappa shape index (κ3) is 3.27. The predicted molar refractivity (Wildman–Crippen MR) is 99.4 cm³/mol. The third-order valence-electron chi connectivity index (χ3n) is 4.31. The van der Waals surface area contributed by atoms with Gasteiger partial charge < -0.3 is 14.4 Å². The summed E-state index contributed by atoms with van der Waals surface area (Å²) in [6.45, 7) is 0.606. The molecule has 0 bridgehead atoms. The molecule has 6 nitrogen and oxygen atoms in total. The number of nitrogens with zero attached hydrogens (tertiary/aromatic N) is 3. The average molecular weight is 406 g/mol. The standard InChI is InChI=1S/C19H14ClF2N3O3/c1-24(9-11-2-5-16-17(6-11)28-10-27-16)15-8-23-25(19(26)18(15)20)14-4-3-12(21)7-13(14)22/h2-8H,9-10H2,1H3. The second-order valence-corrected chi connectivity index (χ2v) is 6.58. The highest BCUT2D eigenvalue weighted by Gasteiger charge is 2.18. The number of aromatic nitrogens is 2. The summed E-state index contributed by atoms with van der Waals surface area (Å²) in [6.07, 6.45) is 1.36. The molecular weight excluding hydrogens is 392 g/mol. The number of fused-ring (bicyclic) bond motifs is 1. The van der Waals surface area contributed by atoms with Crippen LogP contribution in [0.2, 0.25) is 5.02 Å². The number of benzene rings is 2. The summed E-state index contributed by atoms with van der Waals surface area (Å²) in [5, 5.41) is 3.87. The van der Waals surface area contributed by atoms with Gasteiger partial charge in [0.25, 0.3) is 5.56 Å². The van der Waals surface area contributed by atoms with Crippen LogP contribution in [0.25, 0.3) is 5.69 Å². The van der Waals surface area contributed by atoms with Gasteiger partial charge in [-0.05, 0) is 29.8 Å². The van der Waals surface area contributed by atoms with Gasteiger partial charge in [0, 0.05) is 19.7 Å². The van der Waals surface area contributed by atoms with E-state index in [-0.39, 0.29) is 17.5 Å². The van der Waals surface area contributed by atoms with Crippen molar-refractivity contribution in [1.82, 2.24) is 9.78 Å². The van der Waals surface area contributed by atoms with E-state index in [0.29, 0.717) is 29.8 Å². The third-order valence-corrected chi connectivity index (χ3v) is 4.66. The van der Waals surface area contributed by atoms with E-state index in [1.54, 1.807) is 18.0 Å². The Bertz CT molecular complexity index is 1120. The van der Waals surface area contributed by atoms with Gasteiger partial charge in [0.2, 0.25) is 6.79 Å². The summed E-state index contributed by atoms with van der Waals surface area (Å²) < 4.78 is 38.5. The van der Waals surface area contributed by atoms with Crippen molar-refractivity contribution in [2.45, 2.75) is 6.54 Å². The molecule has 0 saturated carbocycles. The fraction of sp³-hybridized carbons (Fsp3) is 0.158. The normalized spacial score (nSPS) is 12.3. The number of hydrogen-bond donors (Lipinski definition) is 0. The number of rotatable bonds is 4. The molecule has 28 heavy (non-hydrogen) atoms. The molecule has 0 N–H and O–H groups in total. The van der Waals surface area contributed by atoms with Crippen LogP contribution >= 0.6 is 11.6 Å². The molecule has 0 saturated heterocycles. The lowest BCUT2D eigenvalue weighted by Crippen LogP contribution is -2.26. The predicted octanol–water partition coefficient (Wildman–Crippen LogP) is 3.53. The van der Waals surface area contributed by atoms with Crippen molar-refractivity contribution in [2.75, 3.05) is 18.7 Å². The fourth-order valence-electron chi connectivity index (χ4n) is 2.91. The minimum atomic E-state index is -0.910. The Hall–Kier alpha value is -3.13. The maximum absolute atomic E-state index is 14.0. The van der Waals surface area contributed by atoms with Gasteiger partial charge >= 0.3 is 0 Å². The van der Waals surface area contributed by atoms with Crippen LogP contribution < -0.4 is 19.9 Å². The Kier molecular flexibility index (Phi) is 4.64. The summed E-state index contributed by atoms with van der Waals surface area (Å²) in [6, 6.07) is 8.37. The molecule has 4 rings (SSSR count). The summed E-state index contributed by atoms with van der Waals surface area (Å²) in [4.78, 5) is 14.3. The van der Waals surface area contributed by atoms with Crippen LogP contribution in [0.1, 0.15) is 5.56 Å². The van der Waals surface area contributed by atoms with E-state index in [4.69, 9.17) is 21.1 Å². The van der Waals surface area contributed by atoms with Crippen molar-refractivity contribution in [3.05, 3.63) is 75.2 Å². The maximum atomic E-state index is 14.0. The van der Waals surface area contributed by atoms with E-state index in [1.807, 2.05) is 12.1 Å². The molecule has 1 aliphatic rings. The van der Waals surface area contributed by atoms with Crippen molar-refractivity contribution in [2.24, 2.45) is 0 Å². The number of ether oxygens (including phenoxy) is 2. The molecule has 1 aromatic heterocycles. The Morgan fingerprint density at radius 3 is 2.75 bits per heavy atom. The van der Waals surface area contributed by atoms with E-state index in [2.05, 4.69) is 5.10 Å². The first-order valence-corrected chi connectivity index (χ1v) is 8.65. The zero-order chi connectivity index (χ0) is 19.8. The van der Waals surface area contributed by atoms with Crippen LogP contribution in [0, 0.1) is 11.6 Å². The lowest BCUT2D eigenvalue weighted by molar-refractivity contribution is 0.174. The fourth-order valence-corrected chi connectivity index (χ4v) is 3.19. The highest BCUT2D eigenvalue weighted by Crippen LogP contribution is 2.33. The number of anilines is 1. The second kappa shape index (κ2) is 7.12. The molecule has 0 aliphatic carbocycles. The van der Waals surface area contributed by atoms with E-state index in [1.165, 1.54) is 6.20 Å². The Morgan fingerprint density at radius 2 is 1.96 bits per heavy atom. The molecule has 1 aliphatic heterocycles. The molecule has 0 amide bonds. The first kappa shape index (κ1) is 18.2. The number of hydrogen-bond acceptors (Lipinski definition) is 5. The van der Waals surface area contributed by atoms with Crippen molar-refractivity contribution in [3.8, 4) is 17.2 Å². The molecule has 144 valence electrons. The Morgan fingerprint density at radius 1 is 1.18 bits per heavy atom. The molecule has 0 fully saturated rings. The SMILES string of the molecule is CN(Cc1ccc2c(c1)OCO2)c1cnn(-c2ccc(F)cc2F)c(=O)c1Cl. The van der Waals surface area contributed by atoms with E-state index >= 15 is 0 Å². The van der Waals surface area contributed by atoms with E-state index in [0.717, 1.165) is 22.4 Å². The molecule has 2 heterocycles. The summed E-state index contributed by atoms with van der Waals surface area (Å²) >= 11 is 6.23. The first-order valence-electron chi connectivity index (χ1n) is 8.27. The number of halogens is 3. The van der Waals surface area contributed by atoms with Crippen LogP contribution in [-0.2, 0) is 6.54 Å². The van der Waals surface area contributed by atoms with Gasteiger partial charge in [-0.25, -0.2) is 8.78 Å². The van der Waals surface area contributed by atoms with Gasteiger partial charge in [-0.3, -0.25) is 4.79 Å². The highest BCUT2D eigenvalue weighted by molar-refractivity contribution is 6.33. The van der Waals surface area contributed by atoms with Crippen molar-refractivity contribution in [1.29, 1.82) is 0 Å². The van der Waals surface area contributed by atoms with Gasteiger partial charge in [0.15, 0.2) is 17.3 Å². The summed E-state index contributed by atoms with van der Waals surface area (Å²) in [7, 11) is 1.75. The van der Waals surface area contributed by atoms with Gasteiger partial charge in [-0.2, -0.15) is 9.78 Å². The molecule has 0 unspecified atom stereocenters. The van der Waals surface area contributed by atoms with E-state index in [9.17, 15) is 13.6 Å². The van der Waals surface area contributed by atoms with Crippen LogP contribution in [0.3, 0.4) is 0 Å². The van der Waals surface area contributed by atoms with Gasteiger partial charge in [0.05, 0.1) is 11.9 Å². The molecule has 0 radical (unpaired) electrons. The highest BCUT2D eigenvalue weighted by atomic mass is 35.5. The largest absolute Gasteiger partial charge is 0.454 e. The lowest BCUT2D eigenvalue weighted by Gasteiger charge is -2.20. The van der Waals surface area contributed by atoms with Crippen molar-refractivity contribution in [3.63, 3.8) is 0 Å². The zero-order valence-corrected chi connectivity index (χ0v) is 15.4. The minimum Gasteiger partial charge on any atom is -0.454 e. The Balaban J connectivity index is 1.63. The maximum Gasteiger partial charge on any atom is 0.292 e. The lowest BCUT2D eigenvalue weighted by atomic mass is 10.2. The van der Waals surface area contributed by atoms with Crippen molar-refractivity contribution >= 4 is 17.3 Å². The molecule has 9 heteroatoms. The average Bonchev–Trinajstić information content (AvgIpc) is 3.12. The first-order chi connectivity index (χ1) is 13.4.